The molecule has 29 heavy (non-hydrogen) atoms. The fraction of sp³-hybridized carbons (Fsp3) is 0.217. The van der Waals surface area contributed by atoms with Gasteiger partial charge in [-0.2, -0.15) is 0 Å². The molecule has 0 atom stereocenters. The standard InChI is InChI=1S/C23H24N2O4/c1-6-11-25-22(26)20(17-9-7-14(2)12-15(17)3)21(23(25)27)24-16-8-10-18(28-4)19(13-16)29-5/h6-10,12-13,24H,1,11H2,2-5H3. The van der Waals surface area contributed by atoms with E-state index in [4.69, 9.17) is 9.47 Å². The van der Waals surface area contributed by atoms with E-state index in [1.54, 1.807) is 25.3 Å². The molecule has 0 saturated heterocycles. The van der Waals surface area contributed by atoms with E-state index >= 15 is 0 Å². The Morgan fingerprint density at radius 3 is 2.34 bits per heavy atom. The molecule has 2 amide bonds. The van der Waals surface area contributed by atoms with E-state index in [-0.39, 0.29) is 24.1 Å². The molecule has 0 unspecified atom stereocenters. The lowest BCUT2D eigenvalue weighted by molar-refractivity contribution is -0.136. The molecule has 6 nitrogen and oxygen atoms in total. The van der Waals surface area contributed by atoms with Crippen LogP contribution in [0.3, 0.4) is 0 Å². The number of nitrogens with one attached hydrogen (secondary N) is 1. The largest absolute Gasteiger partial charge is 0.493 e. The molecule has 0 aliphatic carbocycles. The predicted molar refractivity (Wildman–Crippen MR) is 113 cm³/mol. The lowest BCUT2D eigenvalue weighted by Crippen LogP contribution is -2.32. The quantitative estimate of drug-likeness (QED) is 0.575. The van der Waals surface area contributed by atoms with Crippen molar-refractivity contribution in [2.75, 3.05) is 26.1 Å². The summed E-state index contributed by atoms with van der Waals surface area (Å²) in [5, 5.41) is 3.12. The van der Waals surface area contributed by atoms with Crippen LogP contribution in [-0.4, -0.2) is 37.5 Å². The maximum Gasteiger partial charge on any atom is 0.278 e. The molecule has 0 saturated carbocycles. The molecule has 2 aromatic rings. The lowest BCUT2D eigenvalue weighted by Gasteiger charge is -2.13. The number of amides is 2. The maximum absolute atomic E-state index is 13.1. The number of anilines is 1. The Balaban J connectivity index is 2.12. The Hall–Kier alpha value is -3.54. The van der Waals surface area contributed by atoms with E-state index in [1.165, 1.54) is 18.1 Å². The third-order valence-electron chi connectivity index (χ3n) is 4.78. The van der Waals surface area contributed by atoms with Crippen molar-refractivity contribution in [1.29, 1.82) is 0 Å². The van der Waals surface area contributed by atoms with Crippen LogP contribution in [0.4, 0.5) is 5.69 Å². The van der Waals surface area contributed by atoms with E-state index in [1.807, 2.05) is 32.0 Å². The molecule has 1 aliphatic heterocycles. The molecular formula is C23H24N2O4. The van der Waals surface area contributed by atoms with Crippen molar-refractivity contribution in [2.24, 2.45) is 0 Å². The van der Waals surface area contributed by atoms with Gasteiger partial charge in [0.1, 0.15) is 5.70 Å². The number of methoxy groups -OCH3 is 2. The Morgan fingerprint density at radius 1 is 1.00 bits per heavy atom. The molecule has 0 fully saturated rings. The van der Waals surface area contributed by atoms with Crippen molar-refractivity contribution < 1.29 is 19.1 Å². The molecule has 2 aromatic carbocycles. The summed E-state index contributed by atoms with van der Waals surface area (Å²) in [6, 6.07) is 11.0. The minimum absolute atomic E-state index is 0.142. The highest BCUT2D eigenvalue weighted by Crippen LogP contribution is 2.35. The van der Waals surface area contributed by atoms with Crippen molar-refractivity contribution in [3.8, 4) is 11.5 Å². The average molecular weight is 392 g/mol. The number of ether oxygens (including phenoxy) is 2. The molecular weight excluding hydrogens is 368 g/mol. The van der Waals surface area contributed by atoms with E-state index in [9.17, 15) is 9.59 Å². The van der Waals surface area contributed by atoms with Gasteiger partial charge in [-0.25, -0.2) is 0 Å². The number of nitrogens with zero attached hydrogens (tertiary/aromatic N) is 1. The summed E-state index contributed by atoms with van der Waals surface area (Å²) in [7, 11) is 3.09. The summed E-state index contributed by atoms with van der Waals surface area (Å²) in [5.41, 5.74) is 3.93. The second kappa shape index (κ2) is 8.22. The molecule has 6 heteroatoms. The summed E-state index contributed by atoms with van der Waals surface area (Å²) in [6.07, 6.45) is 1.54. The van der Waals surface area contributed by atoms with Gasteiger partial charge in [-0.15, -0.1) is 6.58 Å². The molecule has 0 spiro atoms. The van der Waals surface area contributed by atoms with Crippen LogP contribution in [0.15, 0.2) is 54.8 Å². The first kappa shape index (κ1) is 20.2. The third-order valence-corrected chi connectivity index (χ3v) is 4.78. The first-order valence-corrected chi connectivity index (χ1v) is 9.19. The number of aryl methyl sites for hydroxylation is 2. The van der Waals surface area contributed by atoms with Crippen LogP contribution in [0.1, 0.15) is 16.7 Å². The summed E-state index contributed by atoms with van der Waals surface area (Å²) >= 11 is 0. The first-order chi connectivity index (χ1) is 13.9. The van der Waals surface area contributed by atoms with E-state index in [2.05, 4.69) is 11.9 Å². The number of carbonyl (C=O) groups excluding carboxylic acids is 2. The Kier molecular flexibility index (Phi) is 5.73. The van der Waals surface area contributed by atoms with Gasteiger partial charge in [0.25, 0.3) is 11.8 Å². The number of rotatable bonds is 7. The van der Waals surface area contributed by atoms with Gasteiger partial charge in [0.15, 0.2) is 11.5 Å². The Morgan fingerprint density at radius 2 is 1.72 bits per heavy atom. The van der Waals surface area contributed by atoms with Gasteiger partial charge in [-0.3, -0.25) is 14.5 Å². The monoisotopic (exact) mass is 392 g/mol. The smallest absolute Gasteiger partial charge is 0.278 e. The van der Waals surface area contributed by atoms with Crippen molar-refractivity contribution >= 4 is 23.1 Å². The zero-order valence-corrected chi connectivity index (χ0v) is 17.0. The van der Waals surface area contributed by atoms with Gasteiger partial charge in [-0.05, 0) is 37.1 Å². The fourth-order valence-corrected chi connectivity index (χ4v) is 3.39. The molecule has 1 heterocycles. The summed E-state index contributed by atoms with van der Waals surface area (Å²) < 4.78 is 10.6. The van der Waals surface area contributed by atoms with Crippen molar-refractivity contribution in [1.82, 2.24) is 4.90 Å². The van der Waals surface area contributed by atoms with Crippen LogP contribution in [0.5, 0.6) is 11.5 Å². The number of carbonyl (C=O) groups is 2. The normalized spacial score (nSPS) is 13.7. The van der Waals surface area contributed by atoms with Crippen LogP contribution in [-0.2, 0) is 9.59 Å². The maximum atomic E-state index is 13.1. The van der Waals surface area contributed by atoms with Gasteiger partial charge in [-0.1, -0.05) is 29.8 Å². The first-order valence-electron chi connectivity index (χ1n) is 9.19. The lowest BCUT2D eigenvalue weighted by atomic mass is 9.97. The number of hydrogen-bond acceptors (Lipinski definition) is 5. The van der Waals surface area contributed by atoms with Crippen LogP contribution in [0, 0.1) is 13.8 Å². The summed E-state index contributed by atoms with van der Waals surface area (Å²) in [4.78, 5) is 27.3. The fourth-order valence-electron chi connectivity index (χ4n) is 3.39. The van der Waals surface area contributed by atoms with Crippen molar-refractivity contribution in [3.05, 3.63) is 71.4 Å². The summed E-state index contributed by atoms with van der Waals surface area (Å²) in [5.74, 6) is 0.360. The second-order valence-electron chi connectivity index (χ2n) is 6.77. The molecule has 0 radical (unpaired) electrons. The number of benzene rings is 2. The van der Waals surface area contributed by atoms with Crippen LogP contribution in [0.25, 0.3) is 5.57 Å². The molecule has 150 valence electrons. The molecule has 0 aromatic heterocycles. The minimum Gasteiger partial charge on any atom is -0.493 e. The SMILES string of the molecule is C=CCN1C(=O)C(Nc2ccc(OC)c(OC)c2)=C(c2ccc(C)cc2C)C1=O. The van der Waals surface area contributed by atoms with E-state index in [0.29, 0.717) is 22.8 Å². The molecule has 3 rings (SSSR count). The van der Waals surface area contributed by atoms with Crippen LogP contribution < -0.4 is 14.8 Å². The Bertz CT molecular complexity index is 1020. The molecule has 1 aliphatic rings. The average Bonchev–Trinajstić information content (AvgIpc) is 2.93. The highest BCUT2D eigenvalue weighted by atomic mass is 16.5. The topological polar surface area (TPSA) is 67.9 Å². The molecule has 1 N–H and O–H groups in total. The van der Waals surface area contributed by atoms with Gasteiger partial charge >= 0.3 is 0 Å². The summed E-state index contributed by atoms with van der Waals surface area (Å²) in [6.45, 7) is 7.71. The number of hydrogen-bond donors (Lipinski definition) is 1. The molecule has 0 bridgehead atoms. The van der Waals surface area contributed by atoms with Gasteiger partial charge in [0.05, 0.1) is 19.8 Å². The zero-order chi connectivity index (χ0) is 21.1. The van der Waals surface area contributed by atoms with Gasteiger partial charge in [0, 0.05) is 18.3 Å². The zero-order valence-electron chi connectivity index (χ0n) is 17.0. The minimum atomic E-state index is -0.389. The van der Waals surface area contributed by atoms with Crippen LogP contribution >= 0.6 is 0 Å². The number of imide groups is 1. The van der Waals surface area contributed by atoms with Crippen LogP contribution in [0.2, 0.25) is 0 Å². The van der Waals surface area contributed by atoms with Gasteiger partial charge in [0.2, 0.25) is 0 Å². The Labute approximate surface area is 170 Å². The highest BCUT2D eigenvalue weighted by molar-refractivity contribution is 6.36. The van der Waals surface area contributed by atoms with E-state index < -0.39 is 0 Å². The van der Waals surface area contributed by atoms with Crippen molar-refractivity contribution in [3.63, 3.8) is 0 Å². The van der Waals surface area contributed by atoms with Gasteiger partial charge < -0.3 is 14.8 Å². The highest BCUT2D eigenvalue weighted by Gasteiger charge is 2.39. The third kappa shape index (κ3) is 3.74. The van der Waals surface area contributed by atoms with Crippen molar-refractivity contribution in [2.45, 2.75) is 13.8 Å². The predicted octanol–water partition coefficient (Wildman–Crippen LogP) is 3.70. The van der Waals surface area contributed by atoms with E-state index in [0.717, 1.165) is 16.7 Å². The second-order valence-corrected chi connectivity index (χ2v) is 6.77.